The molecule has 0 spiro atoms. The third-order valence-corrected chi connectivity index (χ3v) is 7.41. The van der Waals surface area contributed by atoms with Gasteiger partial charge >= 0.3 is 5.97 Å². The molecule has 0 heterocycles. The van der Waals surface area contributed by atoms with Gasteiger partial charge in [-0.05, 0) is 105 Å². The Morgan fingerprint density at radius 1 is 0.804 bits per heavy atom. The van der Waals surface area contributed by atoms with Gasteiger partial charge in [0.1, 0.15) is 17.6 Å². The molecule has 0 aliphatic rings. The van der Waals surface area contributed by atoms with E-state index in [4.69, 9.17) is 15.2 Å². The van der Waals surface area contributed by atoms with Gasteiger partial charge in [-0.25, -0.2) is 4.79 Å². The van der Waals surface area contributed by atoms with Gasteiger partial charge in [0, 0.05) is 12.8 Å². The fraction of sp³-hybridized carbons (Fsp3) is 0.333. The van der Waals surface area contributed by atoms with Crippen LogP contribution in [0.25, 0.3) is 11.1 Å². The van der Waals surface area contributed by atoms with E-state index < -0.39 is 12.0 Å². The van der Waals surface area contributed by atoms with Crippen LogP contribution in [-0.2, 0) is 20.7 Å². The van der Waals surface area contributed by atoms with Crippen LogP contribution >= 0.6 is 0 Å². The topological polar surface area (TPSA) is 111 Å². The lowest BCUT2D eigenvalue weighted by Crippen LogP contribution is -2.42. The molecule has 0 saturated heterocycles. The number of aliphatic carboxylic acids is 1. The van der Waals surface area contributed by atoms with Crippen molar-refractivity contribution in [1.82, 2.24) is 5.32 Å². The summed E-state index contributed by atoms with van der Waals surface area (Å²) in [5.41, 5.74) is 11.9. The van der Waals surface area contributed by atoms with Crippen LogP contribution in [0.15, 0.2) is 108 Å². The van der Waals surface area contributed by atoms with Gasteiger partial charge in [0.05, 0.1) is 13.2 Å². The number of hydrogen-bond acceptors (Lipinski definition) is 5. The van der Waals surface area contributed by atoms with E-state index in [1.54, 1.807) is 12.1 Å². The van der Waals surface area contributed by atoms with Crippen LogP contribution < -0.4 is 15.8 Å². The third-order valence-electron chi connectivity index (χ3n) is 7.41. The molecule has 0 saturated carbocycles. The highest BCUT2D eigenvalue weighted by Crippen LogP contribution is 2.25. The van der Waals surface area contributed by atoms with Gasteiger partial charge in [-0.3, -0.25) is 4.79 Å². The summed E-state index contributed by atoms with van der Waals surface area (Å²) in [7, 11) is 0. The maximum absolute atomic E-state index is 12.6. The first kappa shape index (κ1) is 35.9. The highest BCUT2D eigenvalue weighted by molar-refractivity contribution is 5.85. The van der Waals surface area contributed by atoms with Gasteiger partial charge in [-0.1, -0.05) is 78.9 Å². The van der Waals surface area contributed by atoms with Crippen molar-refractivity contribution in [3.05, 3.63) is 125 Å². The lowest BCUT2D eigenvalue weighted by atomic mass is 9.99. The number of allylic oxidation sites excluding steroid dienone is 5. The number of carbonyl (C=O) groups excluding carboxylic acids is 1. The van der Waals surface area contributed by atoms with Crippen LogP contribution in [-0.4, -0.2) is 42.8 Å². The summed E-state index contributed by atoms with van der Waals surface area (Å²) in [6.07, 6.45) is 7.71. The normalized spacial score (nSPS) is 12.3. The molecule has 3 rings (SSSR count). The van der Waals surface area contributed by atoms with Gasteiger partial charge in [0.15, 0.2) is 0 Å². The molecule has 7 heteroatoms. The van der Waals surface area contributed by atoms with E-state index in [2.05, 4.69) is 48.7 Å². The Hall–Kier alpha value is -4.62. The minimum atomic E-state index is -1.06. The number of carbonyl (C=O) groups is 2. The van der Waals surface area contributed by atoms with Crippen LogP contribution in [0.3, 0.4) is 0 Å². The molecule has 1 unspecified atom stereocenters. The van der Waals surface area contributed by atoms with Gasteiger partial charge in [-0.15, -0.1) is 0 Å². The number of nitrogens with two attached hydrogens (primary N) is 1. The molecule has 7 nitrogen and oxygen atoms in total. The van der Waals surface area contributed by atoms with Crippen LogP contribution in [0.5, 0.6) is 5.75 Å². The zero-order chi connectivity index (χ0) is 33.1. The van der Waals surface area contributed by atoms with Crippen LogP contribution in [0.1, 0.15) is 69.6 Å². The molecule has 0 bridgehead atoms. The number of unbranched alkanes of at least 4 members (excludes halogenated alkanes) is 2. The van der Waals surface area contributed by atoms with Crippen molar-refractivity contribution in [2.75, 3.05) is 19.8 Å². The molecule has 3 aromatic carbocycles. The van der Waals surface area contributed by atoms with Gasteiger partial charge in [0.25, 0.3) is 0 Å². The van der Waals surface area contributed by atoms with Crippen molar-refractivity contribution in [2.45, 2.75) is 65.3 Å². The summed E-state index contributed by atoms with van der Waals surface area (Å²) in [4.78, 5) is 24.4. The van der Waals surface area contributed by atoms with E-state index in [0.29, 0.717) is 31.9 Å². The molecule has 1 atom stereocenters. The van der Waals surface area contributed by atoms with Crippen molar-refractivity contribution in [1.29, 1.82) is 0 Å². The molecule has 244 valence electrons. The van der Waals surface area contributed by atoms with E-state index in [1.165, 1.54) is 5.56 Å². The molecule has 3 aromatic rings. The predicted octanol–water partition coefficient (Wildman–Crippen LogP) is 7.58. The predicted molar refractivity (Wildman–Crippen MR) is 186 cm³/mol. The maximum Gasteiger partial charge on any atom is 0.326 e. The Balaban J connectivity index is 1.49. The average Bonchev–Trinajstić information content (AvgIpc) is 3.06. The van der Waals surface area contributed by atoms with Gasteiger partial charge in [0.2, 0.25) is 5.91 Å². The third kappa shape index (κ3) is 12.8. The quantitative estimate of drug-likeness (QED) is 0.0720. The van der Waals surface area contributed by atoms with Crippen molar-refractivity contribution in [3.8, 4) is 5.75 Å². The van der Waals surface area contributed by atoms with Crippen molar-refractivity contribution < 1.29 is 24.2 Å². The van der Waals surface area contributed by atoms with Crippen molar-refractivity contribution >= 4 is 23.0 Å². The fourth-order valence-corrected chi connectivity index (χ4v) is 4.77. The minimum absolute atomic E-state index is 0.196. The molecular weight excluding hydrogens is 576 g/mol. The number of hydrogen-bond donors (Lipinski definition) is 3. The fourth-order valence-electron chi connectivity index (χ4n) is 4.77. The first-order valence-electron chi connectivity index (χ1n) is 16.0. The molecule has 0 aliphatic heterocycles. The second-order valence-electron chi connectivity index (χ2n) is 11.5. The summed E-state index contributed by atoms with van der Waals surface area (Å²) < 4.78 is 11.8. The highest BCUT2D eigenvalue weighted by Gasteiger charge is 2.20. The van der Waals surface area contributed by atoms with Crippen molar-refractivity contribution in [2.24, 2.45) is 5.73 Å². The second-order valence-corrected chi connectivity index (χ2v) is 11.5. The number of nitrogens with one attached hydrogen (secondary N) is 1. The van der Waals surface area contributed by atoms with E-state index in [1.807, 2.05) is 62.4 Å². The Labute approximate surface area is 273 Å². The number of benzene rings is 3. The molecule has 46 heavy (non-hydrogen) atoms. The van der Waals surface area contributed by atoms with Crippen molar-refractivity contribution in [3.63, 3.8) is 0 Å². The molecule has 0 fully saturated rings. The van der Waals surface area contributed by atoms with E-state index in [0.717, 1.165) is 52.9 Å². The Morgan fingerprint density at radius 3 is 2.07 bits per heavy atom. The molecule has 0 aliphatic carbocycles. The number of amides is 1. The molecular formula is C39H48N2O5. The summed E-state index contributed by atoms with van der Waals surface area (Å²) in [6.45, 7) is 7.80. The Kier molecular flexibility index (Phi) is 15.4. The molecule has 0 aromatic heterocycles. The molecule has 0 radical (unpaired) electrons. The lowest BCUT2D eigenvalue weighted by Gasteiger charge is -2.15. The summed E-state index contributed by atoms with van der Waals surface area (Å²) in [5, 5.41) is 12.4. The molecule has 1 amide bonds. The monoisotopic (exact) mass is 624 g/mol. The largest absolute Gasteiger partial charge is 0.494 e. The standard InChI is InChI=1S/C39H48N2O5/c1-29(2)37(28-34(33-16-9-5-10-17-33)26-30(3)32-14-7-4-8-15-32)46-24-12-6-11-18-38(42)41-36(39(43)44)27-31-19-21-35(22-20-31)45-25-13-23-40/h4-5,7-10,14-17,19-22,26,28,36H,6,11-13,18,23-25,27,40H2,1-3H3,(H,41,42)(H,43,44)/b30-26+,34-28+. The first-order chi connectivity index (χ1) is 22.3. The van der Waals surface area contributed by atoms with Gasteiger partial charge in [-0.2, -0.15) is 0 Å². The number of rotatable bonds is 19. The first-order valence-corrected chi connectivity index (χ1v) is 16.0. The van der Waals surface area contributed by atoms with E-state index in [-0.39, 0.29) is 18.7 Å². The summed E-state index contributed by atoms with van der Waals surface area (Å²) in [5.74, 6) is 0.205. The highest BCUT2D eigenvalue weighted by atomic mass is 16.5. The van der Waals surface area contributed by atoms with Gasteiger partial charge < -0.3 is 25.6 Å². The minimum Gasteiger partial charge on any atom is -0.494 e. The van der Waals surface area contributed by atoms with Crippen LogP contribution in [0, 0.1) is 0 Å². The number of carboxylic acid groups (broad SMARTS) is 1. The zero-order valence-corrected chi connectivity index (χ0v) is 27.3. The zero-order valence-electron chi connectivity index (χ0n) is 27.3. The summed E-state index contributed by atoms with van der Waals surface area (Å²) in [6, 6.07) is 26.8. The Morgan fingerprint density at radius 2 is 1.46 bits per heavy atom. The Bertz CT molecular complexity index is 1460. The molecule has 4 N–H and O–H groups in total. The second kappa shape index (κ2) is 19.7. The lowest BCUT2D eigenvalue weighted by molar-refractivity contribution is -0.141. The van der Waals surface area contributed by atoms with Crippen LogP contribution in [0.2, 0.25) is 0 Å². The smallest absolute Gasteiger partial charge is 0.326 e. The SMILES string of the molecule is CC(C)=C(/C=C(\C=C(/C)c1ccccc1)c1ccccc1)OCCCCCC(=O)NC(Cc1ccc(OCCCN)cc1)C(=O)O. The van der Waals surface area contributed by atoms with E-state index in [9.17, 15) is 14.7 Å². The van der Waals surface area contributed by atoms with E-state index >= 15 is 0 Å². The number of ether oxygens (including phenoxy) is 2. The van der Waals surface area contributed by atoms with Crippen LogP contribution in [0.4, 0.5) is 0 Å². The maximum atomic E-state index is 12.6. The average molecular weight is 625 g/mol. The summed E-state index contributed by atoms with van der Waals surface area (Å²) >= 11 is 0. The number of carboxylic acids is 1.